The van der Waals surface area contributed by atoms with Crippen molar-refractivity contribution in [3.05, 3.63) is 58.9 Å². The van der Waals surface area contributed by atoms with Crippen molar-refractivity contribution < 1.29 is 17.6 Å². The highest BCUT2D eigenvalue weighted by atomic mass is 35.5. The van der Waals surface area contributed by atoms with E-state index in [1.165, 1.54) is 11.8 Å². The first-order valence-corrected chi connectivity index (χ1v) is 9.77. The van der Waals surface area contributed by atoms with E-state index in [1.54, 1.807) is 12.1 Å². The van der Waals surface area contributed by atoms with Crippen LogP contribution in [0.5, 0.6) is 0 Å². The van der Waals surface area contributed by atoms with Gasteiger partial charge in [-0.05, 0) is 35.9 Å². The summed E-state index contributed by atoms with van der Waals surface area (Å²) in [5.74, 6) is -0.482. The number of hydrogen-bond acceptors (Lipinski definition) is 4. The fourth-order valence-electron chi connectivity index (χ4n) is 1.88. The van der Waals surface area contributed by atoms with E-state index in [0.29, 0.717) is 10.8 Å². The second kappa shape index (κ2) is 7.98. The first-order valence-electron chi connectivity index (χ1n) is 6.69. The van der Waals surface area contributed by atoms with Crippen LogP contribution >= 0.6 is 23.4 Å². The van der Waals surface area contributed by atoms with Gasteiger partial charge in [0.25, 0.3) is 0 Å². The summed E-state index contributed by atoms with van der Waals surface area (Å²) in [6.07, 6.45) is 0. The molecular weight excluding hydrogens is 375 g/mol. The lowest BCUT2D eigenvalue weighted by Crippen LogP contribution is -2.16. The van der Waals surface area contributed by atoms with Gasteiger partial charge in [0.1, 0.15) is 5.82 Å². The average Bonchev–Trinajstić information content (AvgIpc) is 2.45. The van der Waals surface area contributed by atoms with Gasteiger partial charge < -0.3 is 5.32 Å². The molecule has 0 atom stereocenters. The molecule has 0 saturated carbocycles. The van der Waals surface area contributed by atoms with Gasteiger partial charge in [-0.2, -0.15) is 0 Å². The smallest absolute Gasteiger partial charge is 0.238 e. The molecule has 0 aromatic heterocycles. The van der Waals surface area contributed by atoms with E-state index in [4.69, 9.17) is 16.7 Å². The molecule has 5 nitrogen and oxygen atoms in total. The number of rotatable bonds is 6. The number of primary sulfonamides is 1. The van der Waals surface area contributed by atoms with E-state index in [0.717, 1.165) is 23.8 Å². The number of thioether (sulfide) groups is 1. The lowest BCUT2D eigenvalue weighted by molar-refractivity contribution is -0.113. The predicted octanol–water partition coefficient (Wildman–Crippen LogP) is 3.00. The Bertz CT molecular complexity index is 860. The number of carbonyl (C=O) groups is 1. The molecule has 0 radical (unpaired) electrons. The second-order valence-electron chi connectivity index (χ2n) is 4.89. The van der Waals surface area contributed by atoms with Crippen LogP contribution in [0.25, 0.3) is 0 Å². The maximum absolute atomic E-state index is 13.4. The van der Waals surface area contributed by atoms with Crippen molar-refractivity contribution in [2.24, 2.45) is 5.14 Å². The number of sulfonamides is 1. The van der Waals surface area contributed by atoms with E-state index >= 15 is 0 Å². The van der Waals surface area contributed by atoms with Gasteiger partial charge in [-0.25, -0.2) is 17.9 Å². The number of benzene rings is 2. The molecule has 24 heavy (non-hydrogen) atoms. The number of amides is 1. The van der Waals surface area contributed by atoms with Crippen molar-refractivity contribution in [2.75, 3.05) is 11.1 Å². The Kier molecular flexibility index (Phi) is 6.22. The monoisotopic (exact) mass is 388 g/mol. The number of halogens is 2. The van der Waals surface area contributed by atoms with Crippen molar-refractivity contribution in [3.8, 4) is 0 Å². The Morgan fingerprint density at radius 2 is 2.00 bits per heavy atom. The number of carbonyl (C=O) groups excluding carboxylic acids is 1. The summed E-state index contributed by atoms with van der Waals surface area (Å²) in [6, 6.07) is 10.2. The van der Waals surface area contributed by atoms with Crippen LogP contribution in [0.1, 0.15) is 5.56 Å². The zero-order chi connectivity index (χ0) is 17.7. The van der Waals surface area contributed by atoms with Crippen LogP contribution in [0.15, 0.2) is 47.4 Å². The summed E-state index contributed by atoms with van der Waals surface area (Å²) in [4.78, 5) is 11.5. The summed E-state index contributed by atoms with van der Waals surface area (Å²) in [5.41, 5.74) is 1.01. The summed E-state index contributed by atoms with van der Waals surface area (Å²) in [5, 5.41) is 8.03. The molecule has 0 bridgehead atoms. The maximum atomic E-state index is 13.4. The molecule has 0 spiro atoms. The SMILES string of the molecule is NS(=O)(=O)c1cc(F)cc(NC(=O)CSCc2cccc(Cl)c2)c1. The van der Waals surface area contributed by atoms with Crippen LogP contribution in [0.2, 0.25) is 5.02 Å². The van der Waals surface area contributed by atoms with Crippen molar-refractivity contribution >= 4 is 45.0 Å². The number of nitrogens with one attached hydrogen (secondary N) is 1. The fourth-order valence-corrected chi connectivity index (χ4v) is 3.44. The Morgan fingerprint density at radius 3 is 2.67 bits per heavy atom. The zero-order valence-corrected chi connectivity index (χ0v) is 14.7. The second-order valence-corrected chi connectivity index (χ2v) is 7.87. The van der Waals surface area contributed by atoms with E-state index < -0.39 is 20.7 Å². The minimum Gasteiger partial charge on any atom is -0.325 e. The third-order valence-electron chi connectivity index (χ3n) is 2.87. The molecule has 1 amide bonds. The lowest BCUT2D eigenvalue weighted by atomic mass is 10.2. The van der Waals surface area contributed by atoms with Crippen molar-refractivity contribution in [1.29, 1.82) is 0 Å². The molecule has 128 valence electrons. The molecular formula is C15H14ClFN2O3S2. The third-order valence-corrected chi connectivity index (χ3v) is 5.01. The minimum atomic E-state index is -4.05. The van der Waals surface area contributed by atoms with E-state index in [1.807, 2.05) is 12.1 Å². The van der Waals surface area contributed by atoms with Gasteiger partial charge in [0.15, 0.2) is 0 Å². The highest BCUT2D eigenvalue weighted by molar-refractivity contribution is 7.99. The summed E-state index contributed by atoms with van der Waals surface area (Å²) >= 11 is 7.23. The van der Waals surface area contributed by atoms with E-state index in [2.05, 4.69) is 5.32 Å². The Balaban J connectivity index is 1.94. The van der Waals surface area contributed by atoms with Gasteiger partial charge in [-0.15, -0.1) is 11.8 Å². The molecule has 0 aliphatic rings. The molecule has 0 aliphatic carbocycles. The number of hydrogen-bond donors (Lipinski definition) is 2. The van der Waals surface area contributed by atoms with Crippen LogP contribution in [-0.2, 0) is 20.6 Å². The Labute approximate surface area is 148 Å². The van der Waals surface area contributed by atoms with Crippen LogP contribution < -0.4 is 10.5 Å². The number of anilines is 1. The van der Waals surface area contributed by atoms with Crippen LogP contribution in [0.4, 0.5) is 10.1 Å². The third kappa shape index (κ3) is 5.79. The average molecular weight is 389 g/mol. The molecule has 0 unspecified atom stereocenters. The maximum Gasteiger partial charge on any atom is 0.238 e. The van der Waals surface area contributed by atoms with Crippen LogP contribution in [-0.4, -0.2) is 20.1 Å². The molecule has 0 aliphatic heterocycles. The Hall–Kier alpha value is -1.61. The van der Waals surface area contributed by atoms with Gasteiger partial charge in [0.05, 0.1) is 10.6 Å². The van der Waals surface area contributed by atoms with Gasteiger partial charge in [0, 0.05) is 16.5 Å². The van der Waals surface area contributed by atoms with Crippen molar-refractivity contribution in [3.63, 3.8) is 0 Å². The first-order chi connectivity index (χ1) is 11.2. The topological polar surface area (TPSA) is 89.3 Å². The highest BCUT2D eigenvalue weighted by Gasteiger charge is 2.12. The molecule has 3 N–H and O–H groups in total. The largest absolute Gasteiger partial charge is 0.325 e. The van der Waals surface area contributed by atoms with Gasteiger partial charge >= 0.3 is 0 Å². The lowest BCUT2D eigenvalue weighted by Gasteiger charge is -2.07. The van der Waals surface area contributed by atoms with Crippen LogP contribution in [0, 0.1) is 5.82 Å². The molecule has 2 aromatic rings. The molecule has 0 heterocycles. The number of nitrogens with two attached hydrogens (primary N) is 1. The molecule has 0 saturated heterocycles. The standard InChI is InChI=1S/C15H14ClFN2O3S2/c16-11-3-1-2-10(4-11)8-23-9-15(20)19-13-5-12(17)6-14(7-13)24(18,21)22/h1-7H,8-9H2,(H,19,20)(H2,18,21,22). The summed E-state index contributed by atoms with van der Waals surface area (Å²) in [7, 11) is -4.05. The molecule has 2 rings (SSSR count). The fraction of sp³-hybridized carbons (Fsp3) is 0.133. The zero-order valence-electron chi connectivity index (χ0n) is 12.3. The van der Waals surface area contributed by atoms with Gasteiger partial charge in [0.2, 0.25) is 15.9 Å². The minimum absolute atomic E-state index is 0.0346. The van der Waals surface area contributed by atoms with Crippen molar-refractivity contribution in [2.45, 2.75) is 10.6 Å². The Morgan fingerprint density at radius 1 is 1.25 bits per heavy atom. The normalized spacial score (nSPS) is 11.3. The summed E-state index contributed by atoms with van der Waals surface area (Å²) < 4.78 is 36.0. The molecule has 0 fully saturated rings. The molecule has 9 heteroatoms. The quantitative estimate of drug-likeness (QED) is 0.796. The van der Waals surface area contributed by atoms with E-state index in [-0.39, 0.29) is 17.3 Å². The van der Waals surface area contributed by atoms with Gasteiger partial charge in [-0.3, -0.25) is 4.79 Å². The van der Waals surface area contributed by atoms with E-state index in [9.17, 15) is 17.6 Å². The molecule has 2 aromatic carbocycles. The highest BCUT2D eigenvalue weighted by Crippen LogP contribution is 2.19. The predicted molar refractivity (Wildman–Crippen MR) is 94.0 cm³/mol. The first kappa shape index (κ1) is 18.7. The summed E-state index contributed by atoms with van der Waals surface area (Å²) in [6.45, 7) is 0. The van der Waals surface area contributed by atoms with Crippen molar-refractivity contribution in [1.82, 2.24) is 0 Å². The van der Waals surface area contributed by atoms with Gasteiger partial charge in [-0.1, -0.05) is 23.7 Å². The van der Waals surface area contributed by atoms with Crippen LogP contribution in [0.3, 0.4) is 0 Å².